The van der Waals surface area contributed by atoms with Crippen molar-refractivity contribution in [2.75, 3.05) is 25.0 Å². The lowest BCUT2D eigenvalue weighted by Crippen LogP contribution is -2.36. The van der Waals surface area contributed by atoms with Crippen LogP contribution in [-0.2, 0) is 14.8 Å². The van der Waals surface area contributed by atoms with E-state index < -0.39 is 32.6 Å². The van der Waals surface area contributed by atoms with Crippen molar-refractivity contribution in [3.63, 3.8) is 0 Å². The number of halogens is 1. The van der Waals surface area contributed by atoms with Gasteiger partial charge >= 0.3 is 5.97 Å². The number of carbonyl (C=O) groups excluding carboxylic acids is 2. The molecule has 1 saturated heterocycles. The van der Waals surface area contributed by atoms with E-state index in [4.69, 9.17) is 4.74 Å². The van der Waals surface area contributed by atoms with Crippen LogP contribution < -0.4 is 5.32 Å². The monoisotopic (exact) mass is 448 g/mol. The minimum absolute atomic E-state index is 0.0171. The summed E-state index contributed by atoms with van der Waals surface area (Å²) in [7, 11) is -4.02. The second kappa shape index (κ2) is 10.0. The molecule has 3 rings (SSSR count). The second-order valence-electron chi connectivity index (χ2n) is 7.28. The van der Waals surface area contributed by atoms with Crippen LogP contribution in [-0.4, -0.2) is 44.3 Å². The number of amides is 1. The lowest BCUT2D eigenvalue weighted by molar-refractivity contribution is 0.0505. The molecule has 7 nitrogen and oxygen atoms in total. The maximum Gasteiger partial charge on any atom is 0.338 e. The number of anilines is 1. The van der Waals surface area contributed by atoms with Gasteiger partial charge in [-0.3, -0.25) is 4.79 Å². The normalized spacial score (nSPS) is 14.8. The van der Waals surface area contributed by atoms with Gasteiger partial charge in [0.1, 0.15) is 10.7 Å². The fourth-order valence-electron chi connectivity index (χ4n) is 3.26. The Morgan fingerprint density at radius 1 is 1.03 bits per heavy atom. The molecular formula is C22H25FN2O5S. The number of hydrogen-bond acceptors (Lipinski definition) is 5. The molecule has 0 aliphatic carbocycles. The molecule has 31 heavy (non-hydrogen) atoms. The maximum absolute atomic E-state index is 14.3. The third-order valence-corrected chi connectivity index (χ3v) is 6.86. The number of piperidine rings is 1. The van der Waals surface area contributed by atoms with Gasteiger partial charge in [-0.1, -0.05) is 13.3 Å². The molecule has 9 heteroatoms. The van der Waals surface area contributed by atoms with E-state index in [0.717, 1.165) is 31.4 Å². The largest absolute Gasteiger partial charge is 0.462 e. The molecule has 0 aromatic heterocycles. The van der Waals surface area contributed by atoms with Gasteiger partial charge in [0.2, 0.25) is 10.0 Å². The van der Waals surface area contributed by atoms with Crippen LogP contribution in [0.5, 0.6) is 0 Å². The summed E-state index contributed by atoms with van der Waals surface area (Å²) in [6.45, 7) is 2.89. The molecule has 0 unspecified atom stereocenters. The minimum Gasteiger partial charge on any atom is -0.462 e. The summed E-state index contributed by atoms with van der Waals surface area (Å²) < 4.78 is 46.3. The quantitative estimate of drug-likeness (QED) is 0.650. The number of benzene rings is 2. The molecule has 0 radical (unpaired) electrons. The number of esters is 1. The molecule has 1 amide bonds. The Labute approximate surface area is 181 Å². The summed E-state index contributed by atoms with van der Waals surface area (Å²) in [6, 6.07) is 9.39. The molecule has 0 saturated carbocycles. The molecule has 0 spiro atoms. The zero-order valence-electron chi connectivity index (χ0n) is 17.3. The molecule has 1 aliphatic heterocycles. The average Bonchev–Trinajstić information content (AvgIpc) is 2.78. The van der Waals surface area contributed by atoms with Gasteiger partial charge in [-0.25, -0.2) is 17.6 Å². The van der Waals surface area contributed by atoms with E-state index in [1.54, 1.807) is 0 Å². The Balaban J connectivity index is 1.75. The van der Waals surface area contributed by atoms with Crippen LogP contribution in [0.4, 0.5) is 10.1 Å². The smallest absolute Gasteiger partial charge is 0.338 e. The molecule has 2 aromatic rings. The maximum atomic E-state index is 14.3. The highest BCUT2D eigenvalue weighted by Gasteiger charge is 2.29. The van der Waals surface area contributed by atoms with E-state index in [1.165, 1.54) is 34.6 Å². The lowest BCUT2D eigenvalue weighted by Gasteiger charge is -2.26. The summed E-state index contributed by atoms with van der Waals surface area (Å²) in [4.78, 5) is 24.0. The molecule has 166 valence electrons. The van der Waals surface area contributed by atoms with Crippen LogP contribution in [0.2, 0.25) is 0 Å². The van der Waals surface area contributed by atoms with Crippen molar-refractivity contribution < 1.29 is 27.1 Å². The molecule has 1 heterocycles. The number of hydrogen-bond donors (Lipinski definition) is 1. The fraction of sp³-hybridized carbons (Fsp3) is 0.364. The average molecular weight is 449 g/mol. The van der Waals surface area contributed by atoms with Crippen molar-refractivity contribution in [1.82, 2.24) is 4.31 Å². The SMILES string of the molecule is CCCOC(=O)c1ccc(NC(=O)c2ccc(F)c(S(=O)(=O)N3CCCCC3)c2)cc1. The van der Waals surface area contributed by atoms with E-state index in [0.29, 0.717) is 37.4 Å². The summed E-state index contributed by atoms with van der Waals surface area (Å²) >= 11 is 0. The first kappa shape index (κ1) is 22.9. The number of nitrogens with one attached hydrogen (secondary N) is 1. The highest BCUT2D eigenvalue weighted by atomic mass is 32.2. The van der Waals surface area contributed by atoms with Crippen LogP contribution in [0.3, 0.4) is 0 Å². The Hall–Kier alpha value is -2.78. The van der Waals surface area contributed by atoms with Crippen molar-refractivity contribution in [2.24, 2.45) is 0 Å². The van der Waals surface area contributed by atoms with Crippen molar-refractivity contribution >= 4 is 27.6 Å². The van der Waals surface area contributed by atoms with E-state index in [9.17, 15) is 22.4 Å². The predicted molar refractivity (Wildman–Crippen MR) is 114 cm³/mol. The zero-order chi connectivity index (χ0) is 22.4. The van der Waals surface area contributed by atoms with Crippen LogP contribution >= 0.6 is 0 Å². The van der Waals surface area contributed by atoms with Crippen molar-refractivity contribution in [3.05, 3.63) is 59.4 Å². The number of rotatable bonds is 7. The first-order valence-corrected chi connectivity index (χ1v) is 11.6. The third-order valence-electron chi connectivity index (χ3n) is 4.94. The number of sulfonamides is 1. The third kappa shape index (κ3) is 5.48. The Morgan fingerprint density at radius 3 is 2.32 bits per heavy atom. The van der Waals surface area contributed by atoms with Gasteiger partial charge in [0.05, 0.1) is 12.2 Å². The van der Waals surface area contributed by atoms with Crippen LogP contribution in [0.15, 0.2) is 47.4 Å². The topological polar surface area (TPSA) is 92.8 Å². The van der Waals surface area contributed by atoms with Gasteiger partial charge in [0.15, 0.2) is 0 Å². The Kier molecular flexibility index (Phi) is 7.40. The van der Waals surface area contributed by atoms with Crippen molar-refractivity contribution in [3.8, 4) is 0 Å². The first-order chi connectivity index (χ1) is 14.8. The summed E-state index contributed by atoms with van der Waals surface area (Å²) in [6.07, 6.45) is 3.10. The molecule has 0 bridgehead atoms. The molecule has 1 N–H and O–H groups in total. The van der Waals surface area contributed by atoms with Gasteiger partial charge < -0.3 is 10.1 Å². The van der Waals surface area contributed by atoms with Gasteiger partial charge in [0.25, 0.3) is 5.91 Å². The van der Waals surface area contributed by atoms with Crippen molar-refractivity contribution in [1.29, 1.82) is 0 Å². The summed E-state index contributed by atoms with van der Waals surface area (Å²) in [5.41, 5.74) is 0.772. The van der Waals surface area contributed by atoms with Gasteiger partial charge in [-0.05, 0) is 61.7 Å². The zero-order valence-corrected chi connectivity index (χ0v) is 18.1. The van der Waals surface area contributed by atoms with Crippen LogP contribution in [0.25, 0.3) is 0 Å². The second-order valence-corrected chi connectivity index (χ2v) is 9.18. The van der Waals surface area contributed by atoms with E-state index in [1.807, 2.05) is 6.92 Å². The Bertz CT molecular complexity index is 1050. The van der Waals surface area contributed by atoms with Crippen molar-refractivity contribution in [2.45, 2.75) is 37.5 Å². The first-order valence-electron chi connectivity index (χ1n) is 10.2. The van der Waals surface area contributed by atoms with Gasteiger partial charge in [0, 0.05) is 24.3 Å². The van der Waals surface area contributed by atoms with Crippen LogP contribution in [0, 0.1) is 5.82 Å². The van der Waals surface area contributed by atoms with E-state index in [-0.39, 0.29) is 5.56 Å². The predicted octanol–water partition coefficient (Wildman–Crippen LogP) is 3.82. The summed E-state index contributed by atoms with van der Waals surface area (Å²) in [5, 5.41) is 2.62. The van der Waals surface area contributed by atoms with Gasteiger partial charge in [-0.2, -0.15) is 4.31 Å². The number of carbonyl (C=O) groups is 2. The number of nitrogens with zero attached hydrogens (tertiary/aromatic N) is 1. The molecule has 1 aliphatic rings. The van der Waals surface area contributed by atoms with E-state index >= 15 is 0 Å². The molecule has 0 atom stereocenters. The Morgan fingerprint density at radius 2 is 1.68 bits per heavy atom. The van der Waals surface area contributed by atoms with E-state index in [2.05, 4.69) is 5.32 Å². The minimum atomic E-state index is -4.02. The molecule has 1 fully saturated rings. The molecule has 2 aromatic carbocycles. The fourth-order valence-corrected chi connectivity index (χ4v) is 4.87. The lowest BCUT2D eigenvalue weighted by atomic mass is 10.2. The summed E-state index contributed by atoms with van der Waals surface area (Å²) in [5.74, 6) is -1.93. The van der Waals surface area contributed by atoms with Gasteiger partial charge in [-0.15, -0.1) is 0 Å². The molecular weight excluding hydrogens is 423 g/mol. The number of ether oxygens (including phenoxy) is 1. The highest BCUT2D eigenvalue weighted by Crippen LogP contribution is 2.24. The standard InChI is InChI=1S/C22H25FN2O5S/c1-2-14-30-22(27)16-6-9-18(10-7-16)24-21(26)17-8-11-19(23)20(15-17)31(28,29)25-12-4-3-5-13-25/h6-11,15H,2-5,12-14H2,1H3,(H,24,26). The highest BCUT2D eigenvalue weighted by molar-refractivity contribution is 7.89. The van der Waals surface area contributed by atoms with Crippen LogP contribution in [0.1, 0.15) is 53.3 Å².